The van der Waals surface area contributed by atoms with Crippen molar-refractivity contribution in [3.05, 3.63) is 47.2 Å². The van der Waals surface area contributed by atoms with Gasteiger partial charge < -0.3 is 9.72 Å². The van der Waals surface area contributed by atoms with Crippen molar-refractivity contribution in [1.29, 1.82) is 0 Å². The van der Waals surface area contributed by atoms with Crippen molar-refractivity contribution in [1.82, 2.24) is 9.88 Å². The van der Waals surface area contributed by atoms with Crippen LogP contribution in [0.25, 0.3) is 10.9 Å². The minimum Gasteiger partial charge on any atom is -0.462 e. The van der Waals surface area contributed by atoms with Crippen LogP contribution in [0.2, 0.25) is 0 Å². The van der Waals surface area contributed by atoms with E-state index in [0.29, 0.717) is 18.6 Å². The molecule has 2 aromatic rings. The van der Waals surface area contributed by atoms with Crippen molar-refractivity contribution in [2.24, 2.45) is 5.92 Å². The number of H-pyrrole nitrogens is 1. The molecule has 26 heavy (non-hydrogen) atoms. The molecular formula is C22H28N2O2. The fraction of sp³-hybridized carbons (Fsp3) is 0.500. The summed E-state index contributed by atoms with van der Waals surface area (Å²) in [5.41, 5.74) is 5.63. The Morgan fingerprint density at radius 2 is 2.19 bits per heavy atom. The van der Waals surface area contributed by atoms with Gasteiger partial charge in [-0.2, -0.15) is 0 Å². The number of hydrogen-bond acceptors (Lipinski definition) is 3. The van der Waals surface area contributed by atoms with Crippen molar-refractivity contribution in [3.8, 4) is 0 Å². The third kappa shape index (κ3) is 3.43. The number of ether oxygens (including phenoxy) is 1. The first-order valence-electron chi connectivity index (χ1n) is 9.76. The Bertz CT molecular complexity index is 836. The van der Waals surface area contributed by atoms with Gasteiger partial charge in [-0.1, -0.05) is 23.8 Å². The van der Waals surface area contributed by atoms with Crippen LogP contribution in [0.1, 0.15) is 37.9 Å². The number of carbonyl (C=O) groups excluding carboxylic acids is 1. The molecule has 1 saturated heterocycles. The third-order valence-electron chi connectivity index (χ3n) is 6.09. The average Bonchev–Trinajstić information content (AvgIpc) is 3.00. The maximum absolute atomic E-state index is 11.0. The number of carbonyl (C=O) groups is 1. The summed E-state index contributed by atoms with van der Waals surface area (Å²) in [6, 6.07) is 9.11. The molecule has 1 N–H and O–H groups in total. The lowest BCUT2D eigenvalue weighted by Crippen LogP contribution is -2.44. The second-order valence-corrected chi connectivity index (χ2v) is 7.74. The fourth-order valence-electron chi connectivity index (χ4n) is 4.65. The minimum absolute atomic E-state index is 0.206. The number of benzene rings is 1. The van der Waals surface area contributed by atoms with E-state index in [1.54, 1.807) is 0 Å². The van der Waals surface area contributed by atoms with Crippen LogP contribution in [0, 0.1) is 5.92 Å². The van der Waals surface area contributed by atoms with E-state index in [2.05, 4.69) is 47.1 Å². The maximum Gasteiger partial charge on any atom is 0.302 e. The number of aromatic amines is 1. The Hall–Kier alpha value is -2.07. The van der Waals surface area contributed by atoms with Crippen molar-refractivity contribution >= 4 is 16.9 Å². The molecule has 1 aromatic heterocycles. The highest BCUT2D eigenvalue weighted by molar-refractivity contribution is 5.84. The van der Waals surface area contributed by atoms with Crippen LogP contribution in [0.4, 0.5) is 0 Å². The van der Waals surface area contributed by atoms with Gasteiger partial charge in [0.1, 0.15) is 6.61 Å². The highest BCUT2D eigenvalue weighted by Crippen LogP contribution is 2.33. The number of para-hydroxylation sites is 1. The van der Waals surface area contributed by atoms with E-state index in [1.165, 1.54) is 47.6 Å². The van der Waals surface area contributed by atoms with Crippen LogP contribution in [0.3, 0.4) is 0 Å². The fourth-order valence-corrected chi connectivity index (χ4v) is 4.65. The summed E-state index contributed by atoms with van der Waals surface area (Å²) in [5.74, 6) is 0.467. The molecule has 4 rings (SSSR count). The Morgan fingerprint density at radius 1 is 1.35 bits per heavy atom. The zero-order valence-corrected chi connectivity index (χ0v) is 15.8. The summed E-state index contributed by atoms with van der Waals surface area (Å²) < 4.78 is 5.14. The highest BCUT2D eigenvalue weighted by atomic mass is 16.5. The standard InChI is InChI=1S/C22H28N2O2/c1-15-18(10-12-26-16(2)25)13-17-7-8-22-20(9-11-24(15)14-17)19-5-3-4-6-21(19)23-22/h3-6,10,15,17,23H,7-9,11-14H2,1-2H3/b18-10+. The van der Waals surface area contributed by atoms with Gasteiger partial charge in [0.25, 0.3) is 0 Å². The topological polar surface area (TPSA) is 45.3 Å². The van der Waals surface area contributed by atoms with Gasteiger partial charge in [-0.05, 0) is 56.2 Å². The Morgan fingerprint density at radius 3 is 3.04 bits per heavy atom. The molecule has 0 aliphatic carbocycles. The summed E-state index contributed by atoms with van der Waals surface area (Å²) in [6.45, 7) is 6.42. The Labute approximate surface area is 155 Å². The zero-order valence-electron chi connectivity index (χ0n) is 15.8. The second kappa shape index (κ2) is 7.28. The number of aromatic nitrogens is 1. The number of nitrogens with one attached hydrogen (secondary N) is 1. The molecule has 2 aliphatic rings. The first-order chi connectivity index (χ1) is 12.6. The number of esters is 1. The summed E-state index contributed by atoms with van der Waals surface area (Å²) in [4.78, 5) is 17.3. The Kier molecular flexibility index (Phi) is 4.86. The molecule has 0 saturated carbocycles. The first-order valence-corrected chi connectivity index (χ1v) is 9.76. The van der Waals surface area contributed by atoms with Gasteiger partial charge in [0.2, 0.25) is 0 Å². The summed E-state index contributed by atoms with van der Waals surface area (Å²) in [6.07, 6.45) is 6.67. The molecule has 4 heteroatoms. The summed E-state index contributed by atoms with van der Waals surface area (Å²) in [5, 5.41) is 1.39. The van der Waals surface area contributed by atoms with Crippen molar-refractivity contribution in [3.63, 3.8) is 0 Å². The van der Waals surface area contributed by atoms with Crippen molar-refractivity contribution in [2.75, 3.05) is 19.7 Å². The van der Waals surface area contributed by atoms with E-state index in [1.807, 2.05) is 0 Å². The molecule has 3 atom stereocenters. The van der Waals surface area contributed by atoms with Gasteiger partial charge in [0.05, 0.1) is 0 Å². The normalized spacial score (nSPS) is 27.5. The Balaban J connectivity index is 1.57. The van der Waals surface area contributed by atoms with E-state index >= 15 is 0 Å². The van der Waals surface area contributed by atoms with Crippen molar-refractivity contribution < 1.29 is 9.53 Å². The molecule has 1 fully saturated rings. The summed E-state index contributed by atoms with van der Waals surface area (Å²) in [7, 11) is 0. The van der Waals surface area contributed by atoms with Gasteiger partial charge in [0.15, 0.2) is 0 Å². The lowest BCUT2D eigenvalue weighted by molar-refractivity contribution is -0.139. The van der Waals surface area contributed by atoms with Gasteiger partial charge in [0, 0.05) is 42.7 Å². The van der Waals surface area contributed by atoms with Crippen molar-refractivity contribution in [2.45, 2.75) is 45.6 Å². The van der Waals surface area contributed by atoms with Crippen LogP contribution in [-0.4, -0.2) is 41.6 Å². The van der Waals surface area contributed by atoms with Gasteiger partial charge >= 0.3 is 5.97 Å². The van der Waals surface area contributed by atoms with Crippen LogP contribution < -0.4 is 0 Å². The smallest absolute Gasteiger partial charge is 0.302 e. The quantitative estimate of drug-likeness (QED) is 0.659. The lowest BCUT2D eigenvalue weighted by Gasteiger charge is -2.39. The van der Waals surface area contributed by atoms with E-state index in [0.717, 1.165) is 25.8 Å². The van der Waals surface area contributed by atoms with Gasteiger partial charge in [-0.15, -0.1) is 0 Å². The largest absolute Gasteiger partial charge is 0.462 e. The lowest BCUT2D eigenvalue weighted by atomic mass is 9.86. The van der Waals surface area contributed by atoms with Crippen LogP contribution in [-0.2, 0) is 22.4 Å². The molecule has 0 amide bonds. The van der Waals surface area contributed by atoms with E-state index in [-0.39, 0.29) is 5.97 Å². The average molecular weight is 352 g/mol. The van der Waals surface area contributed by atoms with Gasteiger partial charge in [-0.3, -0.25) is 9.69 Å². The SMILES string of the molecule is CC(=O)OC/C=C1\CC2CCc3[nH]c4ccccc4c3CCN(C2)C1C. The number of nitrogens with zero attached hydrogens (tertiary/aromatic N) is 1. The maximum atomic E-state index is 11.0. The number of hydrogen-bond donors (Lipinski definition) is 1. The first kappa shape index (κ1) is 17.3. The molecular weight excluding hydrogens is 324 g/mol. The molecule has 3 unspecified atom stereocenters. The predicted molar refractivity (Wildman–Crippen MR) is 104 cm³/mol. The zero-order chi connectivity index (χ0) is 18.1. The molecule has 4 nitrogen and oxygen atoms in total. The second-order valence-electron chi connectivity index (χ2n) is 7.74. The monoisotopic (exact) mass is 352 g/mol. The summed E-state index contributed by atoms with van der Waals surface area (Å²) >= 11 is 0. The minimum atomic E-state index is -0.206. The molecule has 0 radical (unpaired) electrons. The number of fused-ring (bicyclic) bond motifs is 5. The number of aryl methyl sites for hydroxylation is 1. The molecule has 2 bridgehead atoms. The van der Waals surface area contributed by atoms with Crippen LogP contribution >= 0.6 is 0 Å². The predicted octanol–water partition coefficient (Wildman–Crippen LogP) is 3.86. The molecule has 1 aromatic carbocycles. The molecule has 138 valence electrons. The molecule has 0 spiro atoms. The third-order valence-corrected chi connectivity index (χ3v) is 6.09. The molecule has 3 heterocycles. The van der Waals surface area contributed by atoms with E-state index < -0.39 is 0 Å². The molecule has 2 aliphatic heterocycles. The highest BCUT2D eigenvalue weighted by Gasteiger charge is 2.30. The van der Waals surface area contributed by atoms with E-state index in [4.69, 9.17) is 4.74 Å². The van der Waals surface area contributed by atoms with Gasteiger partial charge in [-0.25, -0.2) is 0 Å². The number of piperidine rings is 1. The van der Waals surface area contributed by atoms with Crippen LogP contribution in [0.15, 0.2) is 35.9 Å². The van der Waals surface area contributed by atoms with E-state index in [9.17, 15) is 4.79 Å². The number of rotatable bonds is 2. The van der Waals surface area contributed by atoms with Crippen LogP contribution in [0.5, 0.6) is 0 Å².